The van der Waals surface area contributed by atoms with E-state index < -0.39 is 0 Å². The van der Waals surface area contributed by atoms with Gasteiger partial charge in [0, 0.05) is 18.9 Å². The largest absolute Gasteiger partial charge is 0.491 e. The van der Waals surface area contributed by atoms with Crippen LogP contribution >= 0.6 is 11.3 Å². The zero-order chi connectivity index (χ0) is 16.1. The molecule has 22 heavy (non-hydrogen) atoms. The first kappa shape index (κ1) is 16.1. The van der Waals surface area contributed by atoms with E-state index in [9.17, 15) is 9.59 Å². The molecule has 0 fully saturated rings. The van der Waals surface area contributed by atoms with Crippen LogP contribution < -0.4 is 15.5 Å². The van der Waals surface area contributed by atoms with Gasteiger partial charge in [-0.15, -0.1) is 10.2 Å². The number of nitrogens with zero attached hydrogens (tertiary/aromatic N) is 3. The number of aromatic nitrogens is 3. The van der Waals surface area contributed by atoms with Crippen LogP contribution in [0.4, 0.5) is 5.13 Å². The van der Waals surface area contributed by atoms with Gasteiger partial charge in [0.15, 0.2) is 5.75 Å². The van der Waals surface area contributed by atoms with Gasteiger partial charge in [-0.25, -0.2) is 0 Å². The molecule has 0 aliphatic carbocycles. The lowest BCUT2D eigenvalue weighted by atomic mass is 10.3. The Labute approximate surface area is 130 Å². The molecule has 118 valence electrons. The van der Waals surface area contributed by atoms with Crippen molar-refractivity contribution in [2.24, 2.45) is 0 Å². The minimum absolute atomic E-state index is 0.0433. The van der Waals surface area contributed by atoms with E-state index in [-0.39, 0.29) is 23.6 Å². The van der Waals surface area contributed by atoms with E-state index in [0.29, 0.717) is 22.4 Å². The summed E-state index contributed by atoms with van der Waals surface area (Å²) in [7, 11) is 2.97. The highest BCUT2D eigenvalue weighted by Crippen LogP contribution is 2.16. The summed E-state index contributed by atoms with van der Waals surface area (Å²) in [5.74, 6) is -0.0781. The number of nitrogens with one attached hydrogen (secondary N) is 1. The van der Waals surface area contributed by atoms with Crippen molar-refractivity contribution in [3.8, 4) is 5.75 Å². The molecule has 0 aromatic carbocycles. The van der Waals surface area contributed by atoms with Crippen molar-refractivity contribution in [1.29, 1.82) is 0 Å². The molecular weight excluding hydrogens is 308 g/mol. The summed E-state index contributed by atoms with van der Waals surface area (Å²) in [6, 6.07) is 1.42. The quantitative estimate of drug-likeness (QED) is 0.844. The first-order chi connectivity index (χ1) is 10.5. The molecule has 0 saturated heterocycles. The molecule has 1 amide bonds. The summed E-state index contributed by atoms with van der Waals surface area (Å²) in [4.78, 5) is 23.6. The smallest absolute Gasteiger partial charge is 0.246 e. The molecule has 0 saturated carbocycles. The molecule has 0 unspecified atom stereocenters. The summed E-state index contributed by atoms with van der Waals surface area (Å²) in [6.45, 7) is 2.14. The second kappa shape index (κ2) is 7.14. The number of ether oxygens (including phenoxy) is 2. The highest BCUT2D eigenvalue weighted by atomic mass is 32.1. The van der Waals surface area contributed by atoms with Crippen LogP contribution in [0.25, 0.3) is 0 Å². The molecule has 0 spiro atoms. The number of hydrogen-bond donors (Lipinski definition) is 1. The van der Waals surface area contributed by atoms with Gasteiger partial charge in [0.2, 0.25) is 16.5 Å². The fourth-order valence-corrected chi connectivity index (χ4v) is 2.50. The number of hydrogen-bond acceptors (Lipinski definition) is 7. The van der Waals surface area contributed by atoms with Crippen LogP contribution in [0, 0.1) is 6.92 Å². The Bertz CT molecular complexity index is 725. The predicted molar refractivity (Wildman–Crippen MR) is 81.2 cm³/mol. The Hall–Kier alpha value is -2.26. The highest BCUT2D eigenvalue weighted by molar-refractivity contribution is 7.15. The standard InChI is InChI=1S/C13H16N4O4S/c1-8-4-9(18)10(21-3)5-17(8)6-11(19)14-13-16-15-12(22-13)7-20-2/h4-5H,6-7H2,1-3H3,(H,14,16,19). The van der Waals surface area contributed by atoms with E-state index in [2.05, 4.69) is 15.5 Å². The minimum atomic E-state index is -0.270. The molecule has 0 atom stereocenters. The number of anilines is 1. The third-order valence-electron chi connectivity index (χ3n) is 2.82. The van der Waals surface area contributed by atoms with Crippen molar-refractivity contribution in [2.75, 3.05) is 19.5 Å². The van der Waals surface area contributed by atoms with Crippen molar-refractivity contribution in [1.82, 2.24) is 14.8 Å². The number of aryl methyl sites for hydroxylation is 1. The Kier molecular flexibility index (Phi) is 5.23. The van der Waals surface area contributed by atoms with Crippen molar-refractivity contribution in [2.45, 2.75) is 20.1 Å². The number of carbonyl (C=O) groups excluding carboxylic acids is 1. The van der Waals surface area contributed by atoms with Crippen LogP contribution in [-0.4, -0.2) is 34.9 Å². The lowest BCUT2D eigenvalue weighted by molar-refractivity contribution is -0.116. The van der Waals surface area contributed by atoms with Gasteiger partial charge < -0.3 is 14.0 Å². The zero-order valence-corrected chi connectivity index (χ0v) is 13.3. The van der Waals surface area contributed by atoms with Gasteiger partial charge in [-0.05, 0) is 6.92 Å². The maximum atomic E-state index is 12.0. The average molecular weight is 324 g/mol. The average Bonchev–Trinajstić information content (AvgIpc) is 2.89. The van der Waals surface area contributed by atoms with Crippen LogP contribution in [0.3, 0.4) is 0 Å². The first-order valence-electron chi connectivity index (χ1n) is 6.39. The SMILES string of the molecule is COCc1nnc(NC(=O)Cn2cc(OC)c(=O)cc2C)s1. The normalized spacial score (nSPS) is 10.5. The summed E-state index contributed by atoms with van der Waals surface area (Å²) >= 11 is 1.25. The molecule has 8 nitrogen and oxygen atoms in total. The number of amides is 1. The van der Waals surface area contributed by atoms with E-state index in [1.165, 1.54) is 30.7 Å². The lowest BCUT2D eigenvalue weighted by Crippen LogP contribution is -2.21. The summed E-state index contributed by atoms with van der Waals surface area (Å²) in [5.41, 5.74) is 0.447. The van der Waals surface area contributed by atoms with E-state index >= 15 is 0 Å². The van der Waals surface area contributed by atoms with Crippen LogP contribution in [-0.2, 0) is 22.7 Å². The molecule has 0 radical (unpaired) electrons. The topological polar surface area (TPSA) is 95.3 Å². The monoisotopic (exact) mass is 324 g/mol. The summed E-state index contributed by atoms with van der Waals surface area (Å²) in [6.07, 6.45) is 1.51. The van der Waals surface area contributed by atoms with E-state index in [0.717, 1.165) is 0 Å². The van der Waals surface area contributed by atoms with Crippen LogP contribution in [0.5, 0.6) is 5.75 Å². The van der Waals surface area contributed by atoms with E-state index in [4.69, 9.17) is 9.47 Å². The molecule has 9 heteroatoms. The molecule has 1 N–H and O–H groups in total. The van der Waals surface area contributed by atoms with Gasteiger partial charge >= 0.3 is 0 Å². The molecule has 2 heterocycles. The van der Waals surface area contributed by atoms with Crippen molar-refractivity contribution >= 4 is 22.4 Å². The maximum absolute atomic E-state index is 12.0. The summed E-state index contributed by atoms with van der Waals surface area (Å²) < 4.78 is 11.5. The Morgan fingerprint density at radius 2 is 2.18 bits per heavy atom. The molecule has 2 rings (SSSR count). The molecule has 2 aromatic heterocycles. The van der Waals surface area contributed by atoms with Gasteiger partial charge in [-0.1, -0.05) is 11.3 Å². The zero-order valence-electron chi connectivity index (χ0n) is 12.5. The fourth-order valence-electron chi connectivity index (χ4n) is 1.77. The molecule has 2 aromatic rings. The Balaban J connectivity index is 2.06. The second-order valence-electron chi connectivity index (χ2n) is 4.46. The maximum Gasteiger partial charge on any atom is 0.246 e. The van der Waals surface area contributed by atoms with E-state index in [1.54, 1.807) is 18.6 Å². The van der Waals surface area contributed by atoms with E-state index in [1.807, 2.05) is 0 Å². The van der Waals surface area contributed by atoms with Crippen molar-refractivity contribution < 1.29 is 14.3 Å². The van der Waals surface area contributed by atoms with Gasteiger partial charge in [0.1, 0.15) is 18.2 Å². The van der Waals surface area contributed by atoms with Gasteiger partial charge in [-0.2, -0.15) is 0 Å². The molecule has 0 bridgehead atoms. The third-order valence-corrected chi connectivity index (χ3v) is 3.64. The van der Waals surface area contributed by atoms with Crippen molar-refractivity contribution in [3.05, 3.63) is 33.2 Å². The minimum Gasteiger partial charge on any atom is -0.491 e. The van der Waals surface area contributed by atoms with Crippen LogP contribution in [0.2, 0.25) is 0 Å². The van der Waals surface area contributed by atoms with Crippen molar-refractivity contribution in [3.63, 3.8) is 0 Å². The fraction of sp³-hybridized carbons (Fsp3) is 0.385. The molecular formula is C13H16N4O4S. The Morgan fingerprint density at radius 1 is 1.41 bits per heavy atom. The predicted octanol–water partition coefficient (Wildman–Crippen LogP) is 0.802. The number of pyridine rings is 1. The Morgan fingerprint density at radius 3 is 2.86 bits per heavy atom. The highest BCUT2D eigenvalue weighted by Gasteiger charge is 2.11. The van der Waals surface area contributed by atoms with Crippen LogP contribution in [0.1, 0.15) is 10.7 Å². The molecule has 0 aliphatic rings. The summed E-state index contributed by atoms with van der Waals surface area (Å²) in [5, 5.41) is 11.5. The first-order valence-corrected chi connectivity index (χ1v) is 7.21. The van der Waals surface area contributed by atoms with Gasteiger partial charge in [0.25, 0.3) is 0 Å². The molecule has 0 aliphatic heterocycles. The number of carbonyl (C=O) groups is 1. The van der Waals surface area contributed by atoms with Gasteiger partial charge in [-0.3, -0.25) is 14.9 Å². The van der Waals surface area contributed by atoms with Gasteiger partial charge in [0.05, 0.1) is 13.3 Å². The lowest BCUT2D eigenvalue weighted by Gasteiger charge is -2.11. The third kappa shape index (κ3) is 3.89. The van der Waals surface area contributed by atoms with Crippen LogP contribution in [0.15, 0.2) is 17.1 Å². The number of methoxy groups -OCH3 is 2. The number of rotatable bonds is 6. The second-order valence-corrected chi connectivity index (χ2v) is 5.52.